The van der Waals surface area contributed by atoms with Crippen LogP contribution in [0.2, 0.25) is 0 Å². The minimum absolute atomic E-state index is 0.148. The average molecular weight is 507 g/mol. The van der Waals surface area contributed by atoms with Gasteiger partial charge in [-0.3, -0.25) is 9.69 Å². The molecule has 192 valence electrons. The van der Waals surface area contributed by atoms with E-state index in [1.54, 1.807) is 11.8 Å². The Kier molecular flexibility index (Phi) is 10.0. The summed E-state index contributed by atoms with van der Waals surface area (Å²) in [6.45, 7) is 9.54. The first-order valence-corrected chi connectivity index (χ1v) is 14.0. The highest BCUT2D eigenvalue weighted by Gasteiger charge is 2.22. The van der Waals surface area contributed by atoms with Crippen LogP contribution < -0.4 is 5.32 Å². The molecule has 7 heteroatoms. The van der Waals surface area contributed by atoms with E-state index in [0.717, 1.165) is 67.9 Å². The number of thioether (sulfide) groups is 1. The second-order valence-corrected chi connectivity index (χ2v) is 10.5. The van der Waals surface area contributed by atoms with Gasteiger partial charge >= 0.3 is 0 Å². The largest absolute Gasteiger partial charge is 0.379 e. The number of hydrogen-bond donors (Lipinski definition) is 1. The Morgan fingerprint density at radius 3 is 2.33 bits per heavy atom. The number of hydrogen-bond acceptors (Lipinski definition) is 5. The summed E-state index contributed by atoms with van der Waals surface area (Å²) in [6, 6.07) is 21.3. The number of benzene rings is 2. The van der Waals surface area contributed by atoms with Gasteiger partial charge in [-0.2, -0.15) is 0 Å². The number of carbonyl (C=O) groups is 1. The summed E-state index contributed by atoms with van der Waals surface area (Å²) in [5.74, 6) is 1.09. The lowest BCUT2D eigenvalue weighted by Gasteiger charge is -2.26. The molecule has 0 saturated carbocycles. The van der Waals surface area contributed by atoms with Gasteiger partial charge < -0.3 is 14.6 Å². The number of unbranched alkanes of at least 4 members (excludes halogenated alkanes) is 1. The molecule has 1 N–H and O–H groups in total. The Balaban J connectivity index is 1.34. The van der Waals surface area contributed by atoms with Crippen molar-refractivity contribution < 1.29 is 9.53 Å². The maximum Gasteiger partial charge on any atom is 0.220 e. The molecule has 0 unspecified atom stereocenters. The number of carbonyl (C=O) groups excluding carboxylic acids is 1. The molecular weight excluding hydrogens is 468 g/mol. The lowest BCUT2D eigenvalue weighted by atomic mass is 10.0. The average Bonchev–Trinajstić information content (AvgIpc) is 3.30. The smallest absolute Gasteiger partial charge is 0.220 e. The SMILES string of the molecule is CC(C)n1c(SCCCCC(=O)NCCN2CCOCC2)nc(-c2ccccc2)c1-c1ccccc1. The Morgan fingerprint density at radius 1 is 1.00 bits per heavy atom. The zero-order valence-electron chi connectivity index (χ0n) is 21.5. The highest BCUT2D eigenvalue weighted by molar-refractivity contribution is 7.99. The fourth-order valence-corrected chi connectivity index (χ4v) is 5.61. The molecule has 0 atom stereocenters. The van der Waals surface area contributed by atoms with Crippen molar-refractivity contribution in [2.24, 2.45) is 0 Å². The van der Waals surface area contributed by atoms with Crippen molar-refractivity contribution in [2.75, 3.05) is 45.1 Å². The summed E-state index contributed by atoms with van der Waals surface area (Å²) >= 11 is 1.79. The van der Waals surface area contributed by atoms with Crippen LogP contribution in [0.4, 0.5) is 0 Å². The standard InChI is InChI=1S/C29H38N4O2S/c1-23(2)33-28(25-13-7-4-8-14-25)27(24-11-5-3-6-12-24)31-29(33)36-22-10-9-15-26(34)30-16-17-32-18-20-35-21-19-32/h3-8,11-14,23H,9-10,15-22H2,1-2H3,(H,30,34). The second-order valence-electron chi connectivity index (χ2n) is 9.40. The van der Waals surface area contributed by atoms with Crippen LogP contribution in [0.3, 0.4) is 0 Å². The van der Waals surface area contributed by atoms with Gasteiger partial charge in [0, 0.05) is 55.5 Å². The third kappa shape index (κ3) is 7.21. The zero-order valence-corrected chi connectivity index (χ0v) is 22.3. The van der Waals surface area contributed by atoms with Gasteiger partial charge in [-0.25, -0.2) is 4.98 Å². The van der Waals surface area contributed by atoms with E-state index in [1.807, 2.05) is 6.07 Å². The van der Waals surface area contributed by atoms with Crippen molar-refractivity contribution in [1.82, 2.24) is 19.8 Å². The molecule has 0 radical (unpaired) electrons. The van der Waals surface area contributed by atoms with Crippen molar-refractivity contribution in [1.29, 1.82) is 0 Å². The summed E-state index contributed by atoms with van der Waals surface area (Å²) in [6.07, 6.45) is 2.44. The van der Waals surface area contributed by atoms with E-state index in [4.69, 9.17) is 9.72 Å². The number of ether oxygens (including phenoxy) is 1. The van der Waals surface area contributed by atoms with Crippen molar-refractivity contribution in [3.8, 4) is 22.5 Å². The molecule has 4 rings (SSSR count). The molecule has 6 nitrogen and oxygen atoms in total. The number of imidazole rings is 1. The molecule has 1 fully saturated rings. The molecule has 36 heavy (non-hydrogen) atoms. The first-order chi connectivity index (χ1) is 17.6. The van der Waals surface area contributed by atoms with E-state index in [-0.39, 0.29) is 11.9 Å². The van der Waals surface area contributed by atoms with Gasteiger partial charge in [-0.1, -0.05) is 72.4 Å². The fraction of sp³-hybridized carbons (Fsp3) is 0.448. The number of nitrogens with zero attached hydrogens (tertiary/aromatic N) is 3. The van der Waals surface area contributed by atoms with Crippen LogP contribution in [-0.2, 0) is 9.53 Å². The van der Waals surface area contributed by atoms with E-state index in [2.05, 4.69) is 83.2 Å². The van der Waals surface area contributed by atoms with E-state index < -0.39 is 0 Å². The van der Waals surface area contributed by atoms with E-state index in [9.17, 15) is 4.79 Å². The maximum absolute atomic E-state index is 12.2. The van der Waals surface area contributed by atoms with Crippen LogP contribution in [0.15, 0.2) is 65.8 Å². The van der Waals surface area contributed by atoms with Gasteiger partial charge in [0.05, 0.1) is 24.6 Å². The Hall–Kier alpha value is -2.61. The van der Waals surface area contributed by atoms with Gasteiger partial charge in [0.2, 0.25) is 5.91 Å². The first kappa shape index (κ1) is 26.5. The summed E-state index contributed by atoms with van der Waals surface area (Å²) in [4.78, 5) is 19.7. The summed E-state index contributed by atoms with van der Waals surface area (Å²) in [5, 5.41) is 4.10. The number of nitrogens with one attached hydrogen (secondary N) is 1. The van der Waals surface area contributed by atoms with Crippen LogP contribution >= 0.6 is 11.8 Å². The predicted octanol–water partition coefficient (Wildman–Crippen LogP) is 5.51. The van der Waals surface area contributed by atoms with Crippen molar-refractivity contribution in [3.63, 3.8) is 0 Å². The van der Waals surface area contributed by atoms with Crippen molar-refractivity contribution in [2.45, 2.75) is 44.3 Å². The van der Waals surface area contributed by atoms with E-state index >= 15 is 0 Å². The summed E-state index contributed by atoms with van der Waals surface area (Å²) in [7, 11) is 0. The fourth-order valence-electron chi connectivity index (χ4n) is 4.48. The van der Waals surface area contributed by atoms with Crippen LogP contribution in [0.5, 0.6) is 0 Å². The van der Waals surface area contributed by atoms with Gasteiger partial charge in [0.15, 0.2) is 5.16 Å². The normalized spacial score (nSPS) is 14.3. The van der Waals surface area contributed by atoms with Gasteiger partial charge in [0.25, 0.3) is 0 Å². The quantitative estimate of drug-likeness (QED) is 0.259. The third-order valence-corrected chi connectivity index (χ3v) is 7.41. The number of morpholine rings is 1. The Morgan fingerprint density at radius 2 is 1.67 bits per heavy atom. The highest BCUT2D eigenvalue weighted by atomic mass is 32.2. The number of aromatic nitrogens is 2. The monoisotopic (exact) mass is 506 g/mol. The van der Waals surface area contributed by atoms with Crippen LogP contribution in [0.1, 0.15) is 39.2 Å². The van der Waals surface area contributed by atoms with E-state index in [1.165, 1.54) is 11.3 Å². The minimum Gasteiger partial charge on any atom is -0.379 e. The van der Waals surface area contributed by atoms with Crippen LogP contribution in [0, 0.1) is 0 Å². The van der Waals surface area contributed by atoms with Crippen molar-refractivity contribution in [3.05, 3.63) is 60.7 Å². The number of amides is 1. The van der Waals surface area contributed by atoms with Crippen molar-refractivity contribution >= 4 is 17.7 Å². The first-order valence-electron chi connectivity index (χ1n) is 13.1. The minimum atomic E-state index is 0.148. The molecule has 2 heterocycles. The molecule has 0 bridgehead atoms. The molecular formula is C29H38N4O2S. The molecule has 0 spiro atoms. The highest BCUT2D eigenvalue weighted by Crippen LogP contribution is 2.38. The summed E-state index contributed by atoms with van der Waals surface area (Å²) in [5.41, 5.74) is 4.50. The number of rotatable bonds is 12. The molecule has 1 aliphatic heterocycles. The molecule has 2 aromatic carbocycles. The predicted molar refractivity (Wildman–Crippen MR) is 148 cm³/mol. The van der Waals surface area contributed by atoms with Crippen LogP contribution in [0.25, 0.3) is 22.5 Å². The molecule has 3 aromatic rings. The molecule has 1 aliphatic rings. The lowest BCUT2D eigenvalue weighted by molar-refractivity contribution is -0.121. The Labute approximate surface area is 219 Å². The topological polar surface area (TPSA) is 59.4 Å². The van der Waals surface area contributed by atoms with Crippen LogP contribution in [-0.4, -0.2) is 65.5 Å². The molecule has 0 aliphatic carbocycles. The molecule has 1 amide bonds. The third-order valence-electron chi connectivity index (χ3n) is 6.37. The van der Waals surface area contributed by atoms with Gasteiger partial charge in [0.1, 0.15) is 0 Å². The summed E-state index contributed by atoms with van der Waals surface area (Å²) < 4.78 is 7.73. The second kappa shape index (κ2) is 13.6. The Bertz CT molecular complexity index is 1080. The maximum atomic E-state index is 12.2. The molecule has 1 saturated heterocycles. The zero-order chi connectivity index (χ0) is 25.2. The molecule has 1 aromatic heterocycles. The van der Waals surface area contributed by atoms with E-state index in [0.29, 0.717) is 13.0 Å². The van der Waals surface area contributed by atoms with Gasteiger partial charge in [-0.05, 0) is 26.7 Å². The van der Waals surface area contributed by atoms with Gasteiger partial charge in [-0.15, -0.1) is 0 Å². The lowest BCUT2D eigenvalue weighted by Crippen LogP contribution is -2.41.